The van der Waals surface area contributed by atoms with Crippen molar-refractivity contribution in [3.05, 3.63) is 87.2 Å². The molecule has 0 fully saturated rings. The second-order valence-corrected chi connectivity index (χ2v) is 8.90. The Morgan fingerprint density at radius 3 is 2.59 bits per heavy atom. The Bertz CT molecular complexity index is 751. The van der Waals surface area contributed by atoms with Crippen molar-refractivity contribution in [1.82, 2.24) is 0 Å². The van der Waals surface area contributed by atoms with Gasteiger partial charge < -0.3 is 0 Å². The van der Waals surface area contributed by atoms with Crippen molar-refractivity contribution in [3.63, 3.8) is 0 Å². The molecule has 0 amide bonds. The summed E-state index contributed by atoms with van der Waals surface area (Å²) in [6.07, 6.45) is 4.59. The van der Waals surface area contributed by atoms with Crippen molar-refractivity contribution in [3.8, 4) is 11.1 Å². The third kappa shape index (κ3) is 3.15. The summed E-state index contributed by atoms with van der Waals surface area (Å²) in [5, 5.41) is 0. The Balaban J connectivity index is 1.98. The van der Waals surface area contributed by atoms with E-state index in [9.17, 15) is 0 Å². The first-order valence-electron chi connectivity index (χ1n) is 7.61. The molecule has 1 unspecified atom stereocenters. The predicted molar refractivity (Wildman–Crippen MR) is 92.2 cm³/mol. The molecule has 0 bridgehead atoms. The van der Waals surface area contributed by atoms with Gasteiger partial charge in [-0.3, -0.25) is 0 Å². The molecule has 1 heteroatoms. The minimum absolute atomic E-state index is 0.621. The van der Waals surface area contributed by atoms with Gasteiger partial charge in [0.1, 0.15) is 0 Å². The van der Waals surface area contributed by atoms with Crippen LogP contribution in [-0.4, -0.2) is 0 Å². The molecule has 0 nitrogen and oxygen atoms in total. The van der Waals surface area contributed by atoms with Gasteiger partial charge in [-0.15, -0.1) is 0 Å². The first-order chi connectivity index (χ1) is 10.7. The molecule has 1 atom stereocenters. The first-order valence-corrected chi connectivity index (χ1v) is 10.5. The van der Waals surface area contributed by atoms with Crippen LogP contribution in [0.3, 0.4) is 0 Å². The Morgan fingerprint density at radius 2 is 1.86 bits per heavy atom. The maximum absolute atomic E-state index is 3.96. The number of hydrogen-bond donors (Lipinski definition) is 0. The van der Waals surface area contributed by atoms with E-state index in [-0.39, 0.29) is 0 Å². The van der Waals surface area contributed by atoms with Crippen molar-refractivity contribution in [2.45, 2.75) is 17.5 Å². The summed E-state index contributed by atoms with van der Waals surface area (Å²) in [6.45, 7) is 8.31. The summed E-state index contributed by atoms with van der Waals surface area (Å²) in [6, 6.07) is 17.5. The summed E-state index contributed by atoms with van der Waals surface area (Å²) in [4.78, 5) is 0. The third-order valence-electron chi connectivity index (χ3n) is 3.99. The van der Waals surface area contributed by atoms with Crippen molar-refractivity contribution in [2.75, 3.05) is 0 Å². The molecule has 0 heterocycles. The molecule has 1 aliphatic rings. The van der Waals surface area contributed by atoms with Crippen LogP contribution in [-0.2, 0) is 23.2 Å². The molecule has 0 saturated heterocycles. The van der Waals surface area contributed by atoms with E-state index >= 15 is 0 Å². The van der Waals surface area contributed by atoms with Crippen LogP contribution in [0.15, 0.2) is 76.1 Å². The van der Waals surface area contributed by atoms with E-state index in [1.165, 1.54) is 27.8 Å². The number of fused-ring (bicyclic) bond motifs is 1. The topological polar surface area (TPSA) is 0 Å². The summed E-state index contributed by atoms with van der Waals surface area (Å²) in [5.41, 5.74) is 8.31. The van der Waals surface area contributed by atoms with Gasteiger partial charge in [0, 0.05) is 0 Å². The van der Waals surface area contributed by atoms with Gasteiger partial charge in [-0.25, -0.2) is 0 Å². The van der Waals surface area contributed by atoms with Gasteiger partial charge in [-0.05, 0) is 0 Å². The van der Waals surface area contributed by atoms with Gasteiger partial charge in [0.2, 0.25) is 0 Å². The zero-order valence-corrected chi connectivity index (χ0v) is 15.6. The fourth-order valence-corrected chi connectivity index (χ4v) is 6.25. The van der Waals surface area contributed by atoms with E-state index in [4.69, 9.17) is 0 Å². The van der Waals surface area contributed by atoms with Gasteiger partial charge in [0.15, 0.2) is 0 Å². The Hall–Kier alpha value is -1.46. The van der Waals surface area contributed by atoms with Crippen LogP contribution >= 0.6 is 0 Å². The molecular formula is C21H20Zr. The van der Waals surface area contributed by atoms with Crippen molar-refractivity contribution in [2.24, 2.45) is 0 Å². The monoisotopic (exact) mass is 362 g/mol. The van der Waals surface area contributed by atoms with E-state index in [1.54, 1.807) is 0 Å². The second kappa shape index (κ2) is 6.75. The van der Waals surface area contributed by atoms with Gasteiger partial charge >= 0.3 is 145 Å². The fraction of sp³-hybridized carbons (Fsp3) is 0.143. The molecule has 1 aliphatic carbocycles. The molecule has 2 aromatic carbocycles. The molecule has 0 aromatic heterocycles. The molecule has 108 valence electrons. The van der Waals surface area contributed by atoms with E-state index in [0.717, 1.165) is 5.57 Å². The van der Waals surface area contributed by atoms with Crippen LogP contribution in [0.5, 0.6) is 0 Å². The summed E-state index contributed by atoms with van der Waals surface area (Å²) >= 11 is -0.621. The number of benzene rings is 2. The quantitative estimate of drug-likeness (QED) is 0.586. The SMILES string of the molecule is C=C(C)C=[CH][Zr][CH]1C(C)=Cc2c(-c3ccccc3)cccc21. The maximum atomic E-state index is 3.96. The van der Waals surface area contributed by atoms with Crippen molar-refractivity contribution in [1.29, 1.82) is 0 Å². The molecule has 0 saturated carbocycles. The predicted octanol–water partition coefficient (Wildman–Crippen LogP) is 5.98. The van der Waals surface area contributed by atoms with E-state index in [1.807, 2.05) is 0 Å². The Morgan fingerprint density at radius 1 is 1.09 bits per heavy atom. The van der Waals surface area contributed by atoms with Crippen LogP contribution in [0.4, 0.5) is 0 Å². The molecule has 0 spiro atoms. The Kier molecular flexibility index (Phi) is 4.74. The first kappa shape index (κ1) is 15.4. The minimum atomic E-state index is -0.621. The molecule has 3 rings (SSSR count). The van der Waals surface area contributed by atoms with Gasteiger partial charge in [-0.1, -0.05) is 0 Å². The third-order valence-corrected chi connectivity index (χ3v) is 7.58. The number of allylic oxidation sites excluding steroid dienone is 3. The number of rotatable bonds is 4. The molecule has 2 aromatic rings. The van der Waals surface area contributed by atoms with Gasteiger partial charge in [0.05, 0.1) is 0 Å². The normalized spacial score (nSPS) is 16.5. The van der Waals surface area contributed by atoms with Crippen molar-refractivity contribution >= 4 is 6.08 Å². The molecule has 0 N–H and O–H groups in total. The average molecular weight is 364 g/mol. The zero-order valence-electron chi connectivity index (χ0n) is 13.1. The zero-order chi connectivity index (χ0) is 15.5. The summed E-state index contributed by atoms with van der Waals surface area (Å²) < 4.78 is 3.08. The van der Waals surface area contributed by atoms with E-state index in [2.05, 4.69) is 84.9 Å². The van der Waals surface area contributed by atoms with Gasteiger partial charge in [-0.2, -0.15) is 0 Å². The number of hydrogen-bond acceptors (Lipinski definition) is 0. The molecule has 22 heavy (non-hydrogen) atoms. The average Bonchev–Trinajstić information content (AvgIpc) is 2.84. The molecular weight excluding hydrogens is 343 g/mol. The van der Waals surface area contributed by atoms with E-state index in [0.29, 0.717) is 3.63 Å². The fourth-order valence-electron chi connectivity index (χ4n) is 2.93. The Labute approximate surface area is 144 Å². The summed E-state index contributed by atoms with van der Waals surface area (Å²) in [7, 11) is 0. The standard InChI is InChI=1S/C16H13.C5H7.Zr/c1-12-10-14-8-5-9-15(16(14)11-12)13-6-3-2-4-7-13;1-4-5(2)3;/h2-11H,1H3;1,4H,2H2,3H3;. The van der Waals surface area contributed by atoms with E-state index < -0.39 is 23.2 Å². The van der Waals surface area contributed by atoms with Crippen LogP contribution in [0.25, 0.3) is 17.2 Å². The van der Waals surface area contributed by atoms with Crippen molar-refractivity contribution < 1.29 is 23.2 Å². The summed E-state index contributed by atoms with van der Waals surface area (Å²) in [5.74, 6) is 0. The van der Waals surface area contributed by atoms with Crippen LogP contribution in [0.2, 0.25) is 0 Å². The van der Waals surface area contributed by atoms with Crippen LogP contribution in [0.1, 0.15) is 28.6 Å². The van der Waals surface area contributed by atoms with Crippen LogP contribution in [0, 0.1) is 0 Å². The molecule has 0 aliphatic heterocycles. The second-order valence-electron chi connectivity index (χ2n) is 5.84. The molecule has 0 radical (unpaired) electrons. The van der Waals surface area contributed by atoms with Gasteiger partial charge in [0.25, 0.3) is 0 Å². The van der Waals surface area contributed by atoms with Crippen LogP contribution < -0.4 is 0 Å².